The van der Waals surface area contributed by atoms with Crippen LogP contribution < -0.4 is 11.1 Å². The van der Waals surface area contributed by atoms with Gasteiger partial charge < -0.3 is 20.4 Å². The standard InChI is InChI=1S/C21H25N5O3/c22-11-16-2-1-8-26(16)21(28)19(23)13-3-5-15(6-4-13)25-20(27)17-10-14-7-9-29-18(14)12-24-17/h7,9-10,12-13,15-16,19H,1-6,8,23H2,(H,25,27)/t13-,15-,16-,19-/m0/s1. The van der Waals surface area contributed by atoms with Gasteiger partial charge in [-0.1, -0.05) is 0 Å². The highest BCUT2D eigenvalue weighted by atomic mass is 16.3. The van der Waals surface area contributed by atoms with Crippen molar-refractivity contribution in [2.45, 2.75) is 56.7 Å². The predicted octanol–water partition coefficient (Wildman–Crippen LogP) is 1.96. The minimum Gasteiger partial charge on any atom is -0.463 e. The number of amides is 2. The van der Waals surface area contributed by atoms with Gasteiger partial charge in [0.1, 0.15) is 11.7 Å². The fourth-order valence-electron chi connectivity index (χ4n) is 4.43. The number of nitrogens with zero attached hydrogens (tertiary/aromatic N) is 3. The molecule has 2 amide bonds. The SMILES string of the molecule is N#C[C@@H]1CCCN1C(=O)[C@@H](N)[C@H]1CC[C@H](NC(=O)c2cc3ccoc3cn2)CC1. The van der Waals surface area contributed by atoms with E-state index >= 15 is 0 Å². The lowest BCUT2D eigenvalue weighted by Gasteiger charge is -2.34. The predicted molar refractivity (Wildman–Crippen MR) is 106 cm³/mol. The van der Waals surface area contributed by atoms with Crippen molar-refractivity contribution < 1.29 is 14.0 Å². The molecular weight excluding hydrogens is 370 g/mol. The molecule has 0 spiro atoms. The summed E-state index contributed by atoms with van der Waals surface area (Å²) in [6.45, 7) is 0.615. The van der Waals surface area contributed by atoms with Gasteiger partial charge >= 0.3 is 0 Å². The molecular formula is C21H25N5O3. The van der Waals surface area contributed by atoms with E-state index in [0.29, 0.717) is 17.8 Å². The molecule has 1 aliphatic heterocycles. The Labute approximate surface area is 169 Å². The van der Waals surface area contributed by atoms with E-state index in [1.165, 1.54) is 0 Å². The van der Waals surface area contributed by atoms with Gasteiger partial charge in [0, 0.05) is 18.0 Å². The molecule has 8 nitrogen and oxygen atoms in total. The van der Waals surface area contributed by atoms with Crippen LogP contribution in [0.1, 0.15) is 49.0 Å². The largest absolute Gasteiger partial charge is 0.463 e. The highest BCUT2D eigenvalue weighted by Gasteiger charge is 2.36. The molecule has 3 heterocycles. The van der Waals surface area contributed by atoms with Crippen molar-refractivity contribution in [2.75, 3.05) is 6.54 Å². The number of nitriles is 1. The van der Waals surface area contributed by atoms with Crippen molar-refractivity contribution in [1.29, 1.82) is 5.26 Å². The Kier molecular flexibility index (Phi) is 5.49. The summed E-state index contributed by atoms with van der Waals surface area (Å²) in [4.78, 5) is 31.0. The van der Waals surface area contributed by atoms with Gasteiger partial charge in [0.05, 0.1) is 24.6 Å². The monoisotopic (exact) mass is 395 g/mol. The second-order valence-electron chi connectivity index (χ2n) is 7.96. The number of fused-ring (bicyclic) bond motifs is 1. The summed E-state index contributed by atoms with van der Waals surface area (Å²) in [6, 6.07) is 4.84. The van der Waals surface area contributed by atoms with Gasteiger partial charge in [-0.25, -0.2) is 4.98 Å². The molecule has 0 unspecified atom stereocenters. The van der Waals surface area contributed by atoms with Gasteiger partial charge in [-0.05, 0) is 56.6 Å². The first-order valence-electron chi connectivity index (χ1n) is 10.2. The maximum Gasteiger partial charge on any atom is 0.270 e. The van der Waals surface area contributed by atoms with Crippen LogP contribution in [-0.2, 0) is 4.79 Å². The van der Waals surface area contributed by atoms with Gasteiger partial charge in [-0.2, -0.15) is 5.26 Å². The topological polar surface area (TPSA) is 125 Å². The number of rotatable bonds is 4. The number of carbonyl (C=O) groups is 2. The number of aromatic nitrogens is 1. The molecule has 1 saturated heterocycles. The number of hydrogen-bond donors (Lipinski definition) is 2. The molecule has 2 aromatic heterocycles. The molecule has 2 aliphatic rings. The van der Waals surface area contributed by atoms with Crippen molar-refractivity contribution in [3.8, 4) is 6.07 Å². The average Bonchev–Trinajstić information content (AvgIpc) is 3.41. The smallest absolute Gasteiger partial charge is 0.270 e. The molecule has 0 aromatic carbocycles. The maximum atomic E-state index is 12.7. The number of hydrogen-bond acceptors (Lipinski definition) is 6. The van der Waals surface area contributed by atoms with E-state index in [4.69, 9.17) is 10.2 Å². The van der Waals surface area contributed by atoms with Crippen LogP contribution in [0.3, 0.4) is 0 Å². The highest BCUT2D eigenvalue weighted by Crippen LogP contribution is 2.29. The van der Waals surface area contributed by atoms with Gasteiger partial charge in [0.2, 0.25) is 5.91 Å². The van der Waals surface area contributed by atoms with Crippen LogP contribution in [0.4, 0.5) is 0 Å². The van der Waals surface area contributed by atoms with E-state index in [1.54, 1.807) is 29.5 Å². The minimum absolute atomic E-state index is 0.0431. The molecule has 152 valence electrons. The van der Waals surface area contributed by atoms with E-state index in [2.05, 4.69) is 16.4 Å². The zero-order chi connectivity index (χ0) is 20.4. The molecule has 1 saturated carbocycles. The third-order valence-corrected chi connectivity index (χ3v) is 6.16. The Hall–Kier alpha value is -2.92. The molecule has 8 heteroatoms. The minimum atomic E-state index is -0.578. The van der Waals surface area contributed by atoms with Crippen LogP contribution in [0.2, 0.25) is 0 Å². The number of likely N-dealkylation sites (tertiary alicyclic amines) is 1. The zero-order valence-electron chi connectivity index (χ0n) is 16.2. The van der Waals surface area contributed by atoms with Crippen LogP contribution in [0.5, 0.6) is 0 Å². The Balaban J connectivity index is 1.30. The fraction of sp³-hybridized carbons (Fsp3) is 0.524. The molecule has 0 bridgehead atoms. The van der Waals surface area contributed by atoms with Crippen LogP contribution in [0, 0.1) is 17.2 Å². The molecule has 29 heavy (non-hydrogen) atoms. The summed E-state index contributed by atoms with van der Waals surface area (Å²) in [7, 11) is 0. The number of nitrogens with two attached hydrogens (primary N) is 1. The first kappa shape index (κ1) is 19.4. The second kappa shape index (κ2) is 8.21. The summed E-state index contributed by atoms with van der Waals surface area (Å²) in [5, 5.41) is 13.1. The average molecular weight is 395 g/mol. The van der Waals surface area contributed by atoms with Gasteiger partial charge in [0.25, 0.3) is 5.91 Å². The van der Waals surface area contributed by atoms with E-state index in [9.17, 15) is 14.9 Å². The normalized spacial score (nSPS) is 25.5. The van der Waals surface area contributed by atoms with Gasteiger partial charge in [-0.15, -0.1) is 0 Å². The van der Waals surface area contributed by atoms with E-state index in [1.807, 2.05) is 0 Å². The Morgan fingerprint density at radius 2 is 2.10 bits per heavy atom. The second-order valence-corrected chi connectivity index (χ2v) is 7.96. The Morgan fingerprint density at radius 1 is 1.31 bits per heavy atom. The van der Waals surface area contributed by atoms with Gasteiger partial charge in [0.15, 0.2) is 5.58 Å². The Bertz CT molecular complexity index is 941. The van der Waals surface area contributed by atoms with Crippen LogP contribution in [0.15, 0.2) is 29.0 Å². The Morgan fingerprint density at radius 3 is 2.86 bits per heavy atom. The van der Waals surface area contributed by atoms with E-state index < -0.39 is 6.04 Å². The number of furan rings is 1. The summed E-state index contributed by atoms with van der Waals surface area (Å²) in [5.41, 5.74) is 7.28. The summed E-state index contributed by atoms with van der Waals surface area (Å²) in [6.07, 6.45) is 7.80. The molecule has 2 aromatic rings. The van der Waals surface area contributed by atoms with Gasteiger partial charge in [-0.3, -0.25) is 9.59 Å². The van der Waals surface area contributed by atoms with Crippen LogP contribution >= 0.6 is 0 Å². The number of pyridine rings is 1. The molecule has 4 rings (SSSR count). The highest BCUT2D eigenvalue weighted by molar-refractivity contribution is 5.95. The molecule has 1 aliphatic carbocycles. The third-order valence-electron chi connectivity index (χ3n) is 6.16. The van der Waals surface area contributed by atoms with E-state index in [0.717, 1.165) is 43.9 Å². The van der Waals surface area contributed by atoms with E-state index in [-0.39, 0.29) is 29.8 Å². The molecule has 3 N–H and O–H groups in total. The summed E-state index contributed by atoms with van der Waals surface area (Å²) < 4.78 is 5.25. The van der Waals surface area contributed by atoms with Crippen molar-refractivity contribution in [1.82, 2.24) is 15.2 Å². The lowest BCUT2D eigenvalue weighted by molar-refractivity contribution is -0.134. The van der Waals surface area contributed by atoms with Crippen molar-refractivity contribution >= 4 is 22.8 Å². The molecule has 2 fully saturated rings. The van der Waals surface area contributed by atoms with Crippen molar-refractivity contribution in [3.05, 3.63) is 30.3 Å². The van der Waals surface area contributed by atoms with Crippen molar-refractivity contribution in [3.63, 3.8) is 0 Å². The van der Waals surface area contributed by atoms with Crippen LogP contribution in [-0.4, -0.2) is 46.4 Å². The summed E-state index contributed by atoms with van der Waals surface area (Å²) in [5.74, 6) is -0.235. The maximum absolute atomic E-state index is 12.7. The third kappa shape index (κ3) is 3.96. The lowest BCUT2D eigenvalue weighted by atomic mass is 9.81. The van der Waals surface area contributed by atoms with Crippen molar-refractivity contribution in [2.24, 2.45) is 11.7 Å². The number of carbonyl (C=O) groups excluding carboxylic acids is 2. The first-order valence-corrected chi connectivity index (χ1v) is 10.2. The lowest BCUT2D eigenvalue weighted by Crippen LogP contribution is -2.50. The number of nitrogens with one attached hydrogen (secondary N) is 1. The zero-order valence-corrected chi connectivity index (χ0v) is 16.2. The fourth-order valence-corrected chi connectivity index (χ4v) is 4.43. The molecule has 0 radical (unpaired) electrons. The quantitative estimate of drug-likeness (QED) is 0.815. The molecule has 2 atom stereocenters. The van der Waals surface area contributed by atoms with Crippen LogP contribution in [0.25, 0.3) is 11.0 Å². The summed E-state index contributed by atoms with van der Waals surface area (Å²) >= 11 is 0. The first-order chi connectivity index (χ1) is 14.1.